The second-order valence-electron chi connectivity index (χ2n) is 2.88. The van der Waals surface area contributed by atoms with Crippen LogP contribution in [0, 0.1) is 5.82 Å². The van der Waals surface area contributed by atoms with Crippen molar-refractivity contribution in [1.29, 1.82) is 0 Å². The van der Waals surface area contributed by atoms with Crippen molar-refractivity contribution < 1.29 is 13.9 Å². The Morgan fingerprint density at radius 1 is 1.60 bits per heavy atom. The Morgan fingerprint density at radius 2 is 2.27 bits per heavy atom. The van der Waals surface area contributed by atoms with Crippen molar-refractivity contribution >= 4 is 17.6 Å². The van der Waals surface area contributed by atoms with Crippen LogP contribution in [-0.4, -0.2) is 20.1 Å². The van der Waals surface area contributed by atoms with Crippen LogP contribution in [0.5, 0.6) is 0 Å². The van der Waals surface area contributed by atoms with Crippen molar-refractivity contribution in [3.63, 3.8) is 0 Å². The molecule has 0 radical (unpaired) electrons. The van der Waals surface area contributed by atoms with Crippen molar-refractivity contribution in [1.82, 2.24) is 5.32 Å². The summed E-state index contributed by atoms with van der Waals surface area (Å²) in [5.74, 6) is -1.11. The van der Waals surface area contributed by atoms with Crippen molar-refractivity contribution in [2.45, 2.75) is 6.04 Å². The van der Waals surface area contributed by atoms with Crippen LogP contribution in [0.25, 0.3) is 0 Å². The maximum atomic E-state index is 13.5. The van der Waals surface area contributed by atoms with Crippen LogP contribution >= 0.6 is 11.6 Å². The monoisotopic (exact) mass is 231 g/mol. The lowest BCUT2D eigenvalue weighted by molar-refractivity contribution is -0.143. The van der Waals surface area contributed by atoms with E-state index in [1.165, 1.54) is 32.4 Å². The molecule has 0 spiro atoms. The number of esters is 1. The number of hydrogen-bond acceptors (Lipinski definition) is 3. The van der Waals surface area contributed by atoms with E-state index in [4.69, 9.17) is 11.6 Å². The molecule has 0 saturated carbocycles. The molecule has 82 valence electrons. The summed E-state index contributed by atoms with van der Waals surface area (Å²) in [6.45, 7) is 0. The smallest absolute Gasteiger partial charge is 0.327 e. The van der Waals surface area contributed by atoms with Crippen LogP contribution in [0.3, 0.4) is 0 Å². The quantitative estimate of drug-likeness (QED) is 0.808. The van der Waals surface area contributed by atoms with E-state index in [2.05, 4.69) is 10.1 Å². The van der Waals surface area contributed by atoms with Gasteiger partial charge in [-0.25, -0.2) is 9.18 Å². The molecule has 0 bridgehead atoms. The van der Waals surface area contributed by atoms with Crippen molar-refractivity contribution in [3.05, 3.63) is 34.6 Å². The summed E-state index contributed by atoms with van der Waals surface area (Å²) in [6, 6.07) is 3.36. The summed E-state index contributed by atoms with van der Waals surface area (Å²) in [7, 11) is 2.77. The van der Waals surface area contributed by atoms with Gasteiger partial charge in [-0.05, 0) is 19.2 Å². The summed E-state index contributed by atoms with van der Waals surface area (Å²) >= 11 is 5.82. The van der Waals surface area contributed by atoms with Gasteiger partial charge in [0, 0.05) is 10.6 Å². The van der Waals surface area contributed by atoms with Gasteiger partial charge in [-0.15, -0.1) is 0 Å². The average molecular weight is 232 g/mol. The number of ether oxygens (including phenoxy) is 1. The third-order valence-corrected chi connectivity index (χ3v) is 2.34. The number of carbonyl (C=O) groups is 1. The zero-order valence-electron chi connectivity index (χ0n) is 8.38. The molecule has 0 aliphatic heterocycles. The van der Waals surface area contributed by atoms with Gasteiger partial charge >= 0.3 is 5.97 Å². The molecule has 1 unspecified atom stereocenters. The molecule has 1 aromatic carbocycles. The van der Waals surface area contributed by atoms with Crippen molar-refractivity contribution in [3.8, 4) is 0 Å². The lowest BCUT2D eigenvalue weighted by Gasteiger charge is -2.15. The third-order valence-electron chi connectivity index (χ3n) is 2.01. The highest BCUT2D eigenvalue weighted by atomic mass is 35.5. The van der Waals surface area contributed by atoms with E-state index >= 15 is 0 Å². The molecule has 1 rings (SSSR count). The number of carbonyl (C=O) groups excluding carboxylic acids is 1. The van der Waals surface area contributed by atoms with Gasteiger partial charge in [-0.3, -0.25) is 0 Å². The molecule has 0 aliphatic carbocycles. The zero-order valence-corrected chi connectivity index (χ0v) is 9.14. The number of benzene rings is 1. The Labute approximate surface area is 92.2 Å². The van der Waals surface area contributed by atoms with Gasteiger partial charge in [0.05, 0.1) is 7.11 Å². The minimum absolute atomic E-state index is 0.105. The SMILES string of the molecule is CNC(C(=O)OC)c1c(F)cccc1Cl. The van der Waals surface area contributed by atoms with Gasteiger partial charge in [-0.2, -0.15) is 0 Å². The molecule has 3 nitrogen and oxygen atoms in total. The van der Waals surface area contributed by atoms with Crippen LogP contribution in [-0.2, 0) is 9.53 Å². The normalized spacial score (nSPS) is 12.3. The first-order valence-corrected chi connectivity index (χ1v) is 4.68. The molecule has 5 heteroatoms. The Bertz CT molecular complexity index is 350. The first-order valence-electron chi connectivity index (χ1n) is 4.30. The van der Waals surface area contributed by atoms with E-state index in [1.807, 2.05) is 0 Å². The molecule has 0 heterocycles. The number of nitrogens with one attached hydrogen (secondary N) is 1. The second-order valence-corrected chi connectivity index (χ2v) is 3.29. The number of hydrogen-bond donors (Lipinski definition) is 1. The van der Waals surface area contributed by atoms with E-state index in [9.17, 15) is 9.18 Å². The highest BCUT2D eigenvalue weighted by Crippen LogP contribution is 2.26. The van der Waals surface area contributed by atoms with E-state index in [-0.39, 0.29) is 10.6 Å². The molecule has 0 saturated heterocycles. The number of likely N-dealkylation sites (N-methyl/N-ethyl adjacent to an activating group) is 1. The van der Waals surface area contributed by atoms with Gasteiger partial charge < -0.3 is 10.1 Å². The second kappa shape index (κ2) is 5.09. The van der Waals surface area contributed by atoms with Crippen LogP contribution in [0.4, 0.5) is 4.39 Å². The van der Waals surface area contributed by atoms with Crippen molar-refractivity contribution in [2.75, 3.05) is 14.2 Å². The highest BCUT2D eigenvalue weighted by Gasteiger charge is 2.24. The number of halogens is 2. The Hall–Kier alpha value is -1.13. The fraction of sp³-hybridized carbons (Fsp3) is 0.300. The summed E-state index contributed by atoms with van der Waals surface area (Å²) in [5.41, 5.74) is 0.105. The molecule has 1 N–H and O–H groups in total. The van der Waals surface area contributed by atoms with Crippen LogP contribution < -0.4 is 5.32 Å². The third kappa shape index (κ3) is 2.46. The molecule has 0 fully saturated rings. The predicted octanol–water partition coefficient (Wildman–Crippen LogP) is 1.91. The fourth-order valence-electron chi connectivity index (χ4n) is 1.28. The van der Waals surface area contributed by atoms with Gasteiger partial charge in [-0.1, -0.05) is 17.7 Å². The van der Waals surface area contributed by atoms with E-state index in [1.54, 1.807) is 0 Å². The minimum Gasteiger partial charge on any atom is -0.468 e. The number of methoxy groups -OCH3 is 1. The van der Waals surface area contributed by atoms with Gasteiger partial charge in [0.1, 0.15) is 11.9 Å². The maximum Gasteiger partial charge on any atom is 0.327 e. The first kappa shape index (κ1) is 11.9. The number of rotatable bonds is 3. The van der Waals surface area contributed by atoms with E-state index < -0.39 is 17.8 Å². The van der Waals surface area contributed by atoms with Gasteiger partial charge in [0.25, 0.3) is 0 Å². The Kier molecular flexibility index (Phi) is 4.05. The summed E-state index contributed by atoms with van der Waals surface area (Å²) in [6.07, 6.45) is 0. The largest absolute Gasteiger partial charge is 0.468 e. The van der Waals surface area contributed by atoms with Gasteiger partial charge in [0.15, 0.2) is 0 Å². The minimum atomic E-state index is -0.885. The molecule has 15 heavy (non-hydrogen) atoms. The summed E-state index contributed by atoms with van der Waals surface area (Å²) in [4.78, 5) is 11.3. The fourth-order valence-corrected chi connectivity index (χ4v) is 1.56. The average Bonchev–Trinajstić information content (AvgIpc) is 2.22. The Morgan fingerprint density at radius 3 is 2.73 bits per heavy atom. The molecular formula is C10H11ClFNO2. The standard InChI is InChI=1S/C10H11ClFNO2/c1-13-9(10(14)15-2)8-6(11)4-3-5-7(8)12/h3-5,9,13H,1-2H3. The van der Waals surface area contributed by atoms with E-state index in [0.717, 1.165) is 0 Å². The summed E-state index contributed by atoms with van der Waals surface area (Å²) in [5, 5.41) is 2.85. The maximum absolute atomic E-state index is 13.5. The molecular weight excluding hydrogens is 221 g/mol. The van der Waals surface area contributed by atoms with Crippen LogP contribution in [0.2, 0.25) is 5.02 Å². The molecule has 0 aliphatic rings. The lowest BCUT2D eigenvalue weighted by atomic mass is 10.1. The van der Waals surface area contributed by atoms with Crippen molar-refractivity contribution in [2.24, 2.45) is 0 Å². The zero-order chi connectivity index (χ0) is 11.4. The molecule has 0 amide bonds. The highest BCUT2D eigenvalue weighted by molar-refractivity contribution is 6.31. The molecule has 0 aromatic heterocycles. The predicted molar refractivity (Wildman–Crippen MR) is 55.2 cm³/mol. The topological polar surface area (TPSA) is 38.3 Å². The van der Waals surface area contributed by atoms with E-state index in [0.29, 0.717) is 0 Å². The molecule has 1 atom stereocenters. The summed E-state index contributed by atoms with van der Waals surface area (Å²) < 4.78 is 18.0. The lowest BCUT2D eigenvalue weighted by Crippen LogP contribution is -2.27. The van der Waals surface area contributed by atoms with Crippen LogP contribution in [0.1, 0.15) is 11.6 Å². The molecule has 1 aromatic rings. The Balaban J connectivity index is 3.17. The van der Waals surface area contributed by atoms with Gasteiger partial charge in [0.2, 0.25) is 0 Å². The first-order chi connectivity index (χ1) is 7.11. The van der Waals surface area contributed by atoms with Crippen LogP contribution in [0.15, 0.2) is 18.2 Å².